The van der Waals surface area contributed by atoms with Gasteiger partial charge in [-0.15, -0.1) is 0 Å². The van der Waals surface area contributed by atoms with Crippen molar-refractivity contribution in [2.24, 2.45) is 0 Å². The number of aromatic hydroxyl groups is 1. The number of aliphatic hydroxyl groups excluding tert-OH is 1. The van der Waals surface area contributed by atoms with Crippen LogP contribution in [0.5, 0.6) is 5.75 Å². The summed E-state index contributed by atoms with van der Waals surface area (Å²) in [5.41, 5.74) is 0.887. The molecular formula is C11H17NO2. The van der Waals surface area contributed by atoms with E-state index in [-0.39, 0.29) is 6.10 Å². The minimum absolute atomic E-state index is 0.271. The van der Waals surface area contributed by atoms with Gasteiger partial charge >= 0.3 is 0 Å². The number of benzene rings is 1. The van der Waals surface area contributed by atoms with E-state index >= 15 is 0 Å². The third kappa shape index (κ3) is 3.77. The number of hydrogen-bond donors (Lipinski definition) is 3. The van der Waals surface area contributed by atoms with Gasteiger partial charge in [-0.1, -0.05) is 18.2 Å². The maximum atomic E-state index is 9.43. The van der Waals surface area contributed by atoms with Gasteiger partial charge in [0.05, 0.1) is 6.10 Å². The Morgan fingerprint density at radius 2 is 2.07 bits per heavy atom. The van der Waals surface area contributed by atoms with Crippen molar-refractivity contribution < 1.29 is 10.2 Å². The normalized spacial score (nSPS) is 12.7. The molecule has 14 heavy (non-hydrogen) atoms. The zero-order valence-corrected chi connectivity index (χ0v) is 8.40. The molecule has 0 heterocycles. The van der Waals surface area contributed by atoms with Crippen molar-refractivity contribution in [2.45, 2.75) is 26.0 Å². The standard InChI is InChI=1S/C11H17NO2/c1-9(13)6-7-12-8-10-4-2-3-5-11(10)14/h2-5,9,12-14H,6-8H2,1H3/t9-/m0/s1. The van der Waals surface area contributed by atoms with Crippen molar-refractivity contribution in [1.29, 1.82) is 0 Å². The number of rotatable bonds is 5. The molecule has 0 fully saturated rings. The molecule has 0 bridgehead atoms. The fraction of sp³-hybridized carbons (Fsp3) is 0.455. The molecule has 0 unspecified atom stereocenters. The van der Waals surface area contributed by atoms with Gasteiger partial charge in [0.1, 0.15) is 5.75 Å². The van der Waals surface area contributed by atoms with Gasteiger partial charge in [0.2, 0.25) is 0 Å². The van der Waals surface area contributed by atoms with Gasteiger partial charge in [-0.3, -0.25) is 0 Å². The topological polar surface area (TPSA) is 52.5 Å². The first-order valence-corrected chi connectivity index (χ1v) is 4.86. The SMILES string of the molecule is C[C@H](O)CCNCc1ccccc1O. The fourth-order valence-electron chi connectivity index (χ4n) is 1.19. The Kier molecular flexibility index (Phi) is 4.43. The molecule has 0 amide bonds. The Morgan fingerprint density at radius 3 is 2.71 bits per heavy atom. The van der Waals surface area contributed by atoms with Crippen LogP contribution < -0.4 is 5.32 Å². The van der Waals surface area contributed by atoms with E-state index in [2.05, 4.69) is 5.32 Å². The Hall–Kier alpha value is -1.06. The van der Waals surface area contributed by atoms with Crippen LogP contribution in [-0.4, -0.2) is 22.9 Å². The third-order valence-electron chi connectivity index (χ3n) is 2.05. The first-order chi connectivity index (χ1) is 6.70. The lowest BCUT2D eigenvalue weighted by Gasteiger charge is -2.07. The van der Waals surface area contributed by atoms with Gasteiger partial charge in [-0.25, -0.2) is 0 Å². The molecule has 0 radical (unpaired) electrons. The van der Waals surface area contributed by atoms with Gasteiger partial charge in [-0.2, -0.15) is 0 Å². The molecule has 1 atom stereocenters. The van der Waals surface area contributed by atoms with Crippen LogP contribution in [0.3, 0.4) is 0 Å². The lowest BCUT2D eigenvalue weighted by Crippen LogP contribution is -2.18. The summed E-state index contributed by atoms with van der Waals surface area (Å²) in [4.78, 5) is 0. The fourth-order valence-corrected chi connectivity index (χ4v) is 1.19. The number of phenolic OH excluding ortho intramolecular Hbond substituents is 1. The Balaban J connectivity index is 2.28. The average Bonchev–Trinajstić information content (AvgIpc) is 2.15. The average molecular weight is 195 g/mol. The predicted molar refractivity (Wildman–Crippen MR) is 56.1 cm³/mol. The van der Waals surface area contributed by atoms with Crippen molar-refractivity contribution in [2.75, 3.05) is 6.54 Å². The molecule has 0 saturated heterocycles. The molecule has 1 aromatic rings. The summed E-state index contributed by atoms with van der Waals surface area (Å²) < 4.78 is 0. The molecule has 1 aromatic carbocycles. The van der Waals surface area contributed by atoms with Gasteiger partial charge in [0, 0.05) is 12.1 Å². The highest BCUT2D eigenvalue weighted by Crippen LogP contribution is 2.14. The summed E-state index contributed by atoms with van der Waals surface area (Å²) in [6.45, 7) is 3.16. The van der Waals surface area contributed by atoms with E-state index in [0.717, 1.165) is 18.5 Å². The van der Waals surface area contributed by atoms with Crippen LogP contribution in [0.15, 0.2) is 24.3 Å². The Labute approximate surface area is 84.4 Å². The Bertz CT molecular complexity index is 274. The summed E-state index contributed by atoms with van der Waals surface area (Å²) in [7, 11) is 0. The number of aliphatic hydroxyl groups is 1. The van der Waals surface area contributed by atoms with Crippen molar-refractivity contribution in [1.82, 2.24) is 5.32 Å². The first-order valence-electron chi connectivity index (χ1n) is 4.86. The number of hydrogen-bond acceptors (Lipinski definition) is 3. The molecular weight excluding hydrogens is 178 g/mol. The van der Waals surface area contributed by atoms with E-state index in [4.69, 9.17) is 5.11 Å². The molecule has 3 heteroatoms. The smallest absolute Gasteiger partial charge is 0.120 e. The van der Waals surface area contributed by atoms with Crippen molar-refractivity contribution >= 4 is 0 Å². The molecule has 3 N–H and O–H groups in total. The third-order valence-corrected chi connectivity index (χ3v) is 2.05. The van der Waals surface area contributed by atoms with Crippen LogP contribution in [0.25, 0.3) is 0 Å². The van der Waals surface area contributed by atoms with Gasteiger partial charge in [-0.05, 0) is 26.0 Å². The maximum absolute atomic E-state index is 9.43. The second-order valence-corrected chi connectivity index (χ2v) is 3.44. The predicted octanol–water partition coefficient (Wildman–Crippen LogP) is 1.25. The number of para-hydroxylation sites is 1. The van der Waals surface area contributed by atoms with E-state index in [1.807, 2.05) is 12.1 Å². The summed E-state index contributed by atoms with van der Waals surface area (Å²) >= 11 is 0. The van der Waals surface area contributed by atoms with Crippen LogP contribution in [0, 0.1) is 0 Å². The highest BCUT2D eigenvalue weighted by atomic mass is 16.3. The molecule has 0 spiro atoms. The second kappa shape index (κ2) is 5.62. The van der Waals surface area contributed by atoms with Crippen molar-refractivity contribution in [3.63, 3.8) is 0 Å². The van der Waals surface area contributed by atoms with Crippen LogP contribution in [0.4, 0.5) is 0 Å². The molecule has 0 saturated carbocycles. The number of phenols is 1. The summed E-state index contributed by atoms with van der Waals surface area (Å²) in [6.07, 6.45) is 0.458. The minimum atomic E-state index is -0.271. The van der Waals surface area contributed by atoms with Gasteiger partial charge < -0.3 is 15.5 Å². The molecule has 78 valence electrons. The molecule has 0 aliphatic heterocycles. The first kappa shape index (κ1) is 11.0. The van der Waals surface area contributed by atoms with Crippen LogP contribution in [-0.2, 0) is 6.54 Å². The summed E-state index contributed by atoms with van der Waals surface area (Å²) in [6, 6.07) is 7.25. The highest BCUT2D eigenvalue weighted by Gasteiger charge is 1.99. The van der Waals surface area contributed by atoms with E-state index < -0.39 is 0 Å². The van der Waals surface area contributed by atoms with E-state index in [9.17, 15) is 5.11 Å². The highest BCUT2D eigenvalue weighted by molar-refractivity contribution is 5.31. The summed E-state index contributed by atoms with van der Waals surface area (Å²) in [5.74, 6) is 0.317. The van der Waals surface area contributed by atoms with Gasteiger partial charge in [0.25, 0.3) is 0 Å². The minimum Gasteiger partial charge on any atom is -0.508 e. The zero-order valence-electron chi connectivity index (χ0n) is 8.40. The van der Waals surface area contributed by atoms with Crippen LogP contribution in [0.2, 0.25) is 0 Å². The number of nitrogens with one attached hydrogen (secondary N) is 1. The Morgan fingerprint density at radius 1 is 1.36 bits per heavy atom. The molecule has 3 nitrogen and oxygen atoms in total. The van der Waals surface area contributed by atoms with Crippen molar-refractivity contribution in [3.8, 4) is 5.75 Å². The van der Waals surface area contributed by atoms with Crippen LogP contribution >= 0.6 is 0 Å². The van der Waals surface area contributed by atoms with Crippen molar-refractivity contribution in [3.05, 3.63) is 29.8 Å². The molecule has 0 aromatic heterocycles. The monoisotopic (exact) mass is 195 g/mol. The molecule has 0 aliphatic rings. The van der Waals surface area contributed by atoms with Crippen LogP contribution in [0.1, 0.15) is 18.9 Å². The van der Waals surface area contributed by atoms with E-state index in [0.29, 0.717) is 12.3 Å². The lowest BCUT2D eigenvalue weighted by atomic mass is 10.2. The largest absolute Gasteiger partial charge is 0.508 e. The molecule has 0 aliphatic carbocycles. The van der Waals surface area contributed by atoms with E-state index in [1.54, 1.807) is 19.1 Å². The van der Waals surface area contributed by atoms with E-state index in [1.165, 1.54) is 0 Å². The second-order valence-electron chi connectivity index (χ2n) is 3.44. The summed E-state index contributed by atoms with van der Waals surface area (Å²) in [5, 5.41) is 21.6. The lowest BCUT2D eigenvalue weighted by molar-refractivity contribution is 0.183. The quantitative estimate of drug-likeness (QED) is 0.620. The zero-order chi connectivity index (χ0) is 10.4. The maximum Gasteiger partial charge on any atom is 0.120 e. The van der Waals surface area contributed by atoms with Gasteiger partial charge in [0.15, 0.2) is 0 Å². The molecule has 1 rings (SSSR count).